The minimum Gasteiger partial charge on any atom is -0.358 e. The van der Waals surface area contributed by atoms with Crippen LogP contribution in [0.3, 0.4) is 0 Å². The van der Waals surface area contributed by atoms with E-state index < -0.39 is 10.8 Å². The van der Waals surface area contributed by atoms with E-state index in [1.807, 2.05) is 7.05 Å². The number of rotatable bonds is 9. The number of hydrogen-bond acceptors (Lipinski definition) is 6. The second kappa shape index (κ2) is 8.32. The van der Waals surface area contributed by atoms with Crippen LogP contribution in [0.25, 0.3) is 0 Å². The summed E-state index contributed by atoms with van der Waals surface area (Å²) in [6, 6.07) is 0. The van der Waals surface area contributed by atoms with Gasteiger partial charge < -0.3 is 30.6 Å². The second-order valence-corrected chi connectivity index (χ2v) is 4.85. The number of nitro groups is 1. The van der Waals surface area contributed by atoms with Crippen LogP contribution in [0, 0.1) is 10.1 Å². The summed E-state index contributed by atoms with van der Waals surface area (Å²) in [6.45, 7) is 2.93. The number of nitrogens with two attached hydrogens (primary N) is 1. The molecule has 0 aliphatic carbocycles. The number of carbonyl (C=O) groups is 1. The molecule has 0 saturated heterocycles. The first kappa shape index (κ1) is 17.1. The average Bonchev–Trinajstić information content (AvgIpc) is 2.83. The summed E-state index contributed by atoms with van der Waals surface area (Å²) in [5.41, 5.74) is 5.43. The van der Waals surface area contributed by atoms with Gasteiger partial charge in [-0.05, 0) is 49.4 Å². The first-order valence-electron chi connectivity index (χ1n) is 6.80. The molecule has 0 radical (unpaired) electrons. The minimum atomic E-state index is -0.622. The molecular weight excluding hydrogens is 276 g/mol. The summed E-state index contributed by atoms with van der Waals surface area (Å²) in [7, 11) is 3.55. The lowest BCUT2D eigenvalue weighted by molar-refractivity contribution is -0.389. The Morgan fingerprint density at radius 3 is 2.76 bits per heavy atom. The van der Waals surface area contributed by atoms with Gasteiger partial charge in [0, 0.05) is 13.6 Å². The van der Waals surface area contributed by atoms with Crippen LogP contribution in [0.2, 0.25) is 0 Å². The highest BCUT2D eigenvalue weighted by atomic mass is 16.6. The standard InChI is InChI=1S/C12H22N6O3/c1-16(7-3-5-13)8-4-6-14-12(19)11-15-10(18(20)21)9-17(11)2/h9H,3-8,13H2,1-2H3,(H,14,19). The number of nitrogens with one attached hydrogen (secondary N) is 1. The van der Waals surface area contributed by atoms with Crippen LogP contribution in [0.4, 0.5) is 5.82 Å². The van der Waals surface area contributed by atoms with Crippen molar-refractivity contribution in [2.75, 3.05) is 33.2 Å². The Morgan fingerprint density at radius 1 is 1.52 bits per heavy atom. The van der Waals surface area contributed by atoms with E-state index in [2.05, 4.69) is 15.2 Å². The topological polar surface area (TPSA) is 119 Å². The summed E-state index contributed by atoms with van der Waals surface area (Å²) >= 11 is 0. The molecule has 1 aromatic rings. The first-order valence-corrected chi connectivity index (χ1v) is 6.80. The lowest BCUT2D eigenvalue weighted by atomic mass is 10.3. The van der Waals surface area contributed by atoms with Gasteiger partial charge in [-0.1, -0.05) is 0 Å². The molecule has 21 heavy (non-hydrogen) atoms. The van der Waals surface area contributed by atoms with Gasteiger partial charge in [-0.25, -0.2) is 0 Å². The third kappa shape index (κ3) is 5.48. The molecule has 118 valence electrons. The van der Waals surface area contributed by atoms with Gasteiger partial charge in [0.2, 0.25) is 0 Å². The molecule has 1 amide bonds. The largest absolute Gasteiger partial charge is 0.382 e. The molecule has 9 nitrogen and oxygen atoms in total. The third-order valence-corrected chi connectivity index (χ3v) is 3.00. The zero-order valence-electron chi connectivity index (χ0n) is 12.4. The van der Waals surface area contributed by atoms with Crippen molar-refractivity contribution in [2.24, 2.45) is 12.8 Å². The summed E-state index contributed by atoms with van der Waals surface area (Å²) in [5, 5.41) is 13.3. The molecule has 0 bridgehead atoms. The maximum atomic E-state index is 11.9. The summed E-state index contributed by atoms with van der Waals surface area (Å²) in [6.07, 6.45) is 2.95. The lowest BCUT2D eigenvalue weighted by Crippen LogP contribution is -2.30. The molecular formula is C12H22N6O3. The van der Waals surface area contributed by atoms with Crippen LogP contribution in [-0.2, 0) is 7.05 Å². The Bertz CT molecular complexity index is 487. The van der Waals surface area contributed by atoms with Crippen LogP contribution < -0.4 is 11.1 Å². The highest BCUT2D eigenvalue weighted by Crippen LogP contribution is 2.09. The fraction of sp³-hybridized carbons (Fsp3) is 0.667. The highest BCUT2D eigenvalue weighted by molar-refractivity contribution is 5.91. The molecule has 0 unspecified atom stereocenters. The summed E-state index contributed by atoms with van der Waals surface area (Å²) in [4.78, 5) is 27.7. The van der Waals surface area contributed by atoms with Crippen LogP contribution in [0.1, 0.15) is 23.5 Å². The molecule has 1 heterocycles. The van der Waals surface area contributed by atoms with E-state index in [0.29, 0.717) is 13.1 Å². The van der Waals surface area contributed by atoms with Crippen molar-refractivity contribution in [1.82, 2.24) is 19.8 Å². The van der Waals surface area contributed by atoms with Crippen LogP contribution in [0.15, 0.2) is 6.20 Å². The molecule has 0 atom stereocenters. The third-order valence-electron chi connectivity index (χ3n) is 3.00. The molecule has 0 aromatic carbocycles. The molecule has 0 aliphatic rings. The van der Waals surface area contributed by atoms with Crippen molar-refractivity contribution in [2.45, 2.75) is 12.8 Å². The van der Waals surface area contributed by atoms with E-state index in [1.165, 1.54) is 10.8 Å². The van der Waals surface area contributed by atoms with Gasteiger partial charge in [0.05, 0.1) is 0 Å². The van der Waals surface area contributed by atoms with E-state index in [4.69, 9.17) is 5.73 Å². The van der Waals surface area contributed by atoms with Crippen molar-refractivity contribution in [3.63, 3.8) is 0 Å². The first-order chi connectivity index (χ1) is 9.95. The lowest BCUT2D eigenvalue weighted by Gasteiger charge is -2.15. The van der Waals surface area contributed by atoms with Crippen LogP contribution in [-0.4, -0.2) is 58.5 Å². The van der Waals surface area contributed by atoms with Crippen molar-refractivity contribution in [1.29, 1.82) is 0 Å². The second-order valence-electron chi connectivity index (χ2n) is 4.85. The van der Waals surface area contributed by atoms with E-state index in [9.17, 15) is 14.9 Å². The van der Waals surface area contributed by atoms with Gasteiger partial charge in [-0.3, -0.25) is 4.79 Å². The van der Waals surface area contributed by atoms with Crippen molar-refractivity contribution in [3.8, 4) is 0 Å². The predicted molar refractivity (Wildman–Crippen MR) is 78.0 cm³/mol. The maximum absolute atomic E-state index is 11.9. The van der Waals surface area contributed by atoms with Crippen molar-refractivity contribution >= 4 is 11.7 Å². The summed E-state index contributed by atoms with van der Waals surface area (Å²) < 4.78 is 1.35. The highest BCUT2D eigenvalue weighted by Gasteiger charge is 2.22. The Balaban J connectivity index is 2.36. The Morgan fingerprint density at radius 2 is 2.19 bits per heavy atom. The van der Waals surface area contributed by atoms with Gasteiger partial charge in [0.15, 0.2) is 0 Å². The monoisotopic (exact) mass is 298 g/mol. The fourth-order valence-electron chi connectivity index (χ4n) is 1.85. The van der Waals surface area contributed by atoms with Gasteiger partial charge in [-0.2, -0.15) is 0 Å². The molecule has 3 N–H and O–H groups in total. The van der Waals surface area contributed by atoms with E-state index in [1.54, 1.807) is 7.05 Å². The molecule has 0 spiro atoms. The van der Waals surface area contributed by atoms with Gasteiger partial charge in [0.25, 0.3) is 0 Å². The number of aryl methyl sites for hydroxylation is 1. The summed E-state index contributed by atoms with van der Waals surface area (Å²) in [5.74, 6) is -0.697. The number of carbonyl (C=O) groups excluding carboxylic acids is 1. The fourth-order valence-corrected chi connectivity index (χ4v) is 1.85. The zero-order valence-corrected chi connectivity index (χ0v) is 12.4. The minimum absolute atomic E-state index is 0.0400. The number of imidazole rings is 1. The Labute approximate surface area is 123 Å². The number of hydrogen-bond donors (Lipinski definition) is 2. The smallest absolute Gasteiger partial charge is 0.358 e. The molecule has 1 aromatic heterocycles. The SMILES string of the molecule is CN(CCCN)CCCNC(=O)c1nc([N+](=O)[O-])cn1C. The molecule has 0 saturated carbocycles. The molecule has 9 heteroatoms. The molecule has 1 rings (SSSR count). The van der Waals surface area contributed by atoms with E-state index in [-0.39, 0.29) is 11.6 Å². The number of nitrogens with zero attached hydrogens (tertiary/aromatic N) is 4. The Hall–Kier alpha value is -2.00. The quantitative estimate of drug-likeness (QED) is 0.368. The van der Waals surface area contributed by atoms with Gasteiger partial charge in [-0.15, -0.1) is 0 Å². The van der Waals surface area contributed by atoms with Gasteiger partial charge >= 0.3 is 17.5 Å². The molecule has 0 fully saturated rings. The average molecular weight is 298 g/mol. The van der Waals surface area contributed by atoms with Crippen LogP contribution >= 0.6 is 0 Å². The Kier molecular flexibility index (Phi) is 6.76. The number of aromatic nitrogens is 2. The van der Waals surface area contributed by atoms with Crippen molar-refractivity contribution in [3.05, 3.63) is 22.1 Å². The van der Waals surface area contributed by atoms with Crippen LogP contribution in [0.5, 0.6) is 0 Å². The normalized spacial score (nSPS) is 10.9. The van der Waals surface area contributed by atoms with Gasteiger partial charge in [0.1, 0.15) is 6.20 Å². The number of amides is 1. The van der Waals surface area contributed by atoms with E-state index >= 15 is 0 Å². The predicted octanol–water partition coefficient (Wildman–Crippen LogP) is -0.271. The van der Waals surface area contributed by atoms with E-state index in [0.717, 1.165) is 25.9 Å². The maximum Gasteiger partial charge on any atom is 0.382 e. The van der Waals surface area contributed by atoms with Crippen molar-refractivity contribution < 1.29 is 9.72 Å². The molecule has 0 aliphatic heterocycles. The zero-order chi connectivity index (χ0) is 15.8.